The van der Waals surface area contributed by atoms with Crippen LogP contribution in [-0.4, -0.2) is 24.2 Å². The van der Waals surface area contributed by atoms with Gasteiger partial charge in [0.25, 0.3) is 0 Å². The highest BCUT2D eigenvalue weighted by Gasteiger charge is 2.34. The molecule has 1 saturated heterocycles. The second kappa shape index (κ2) is 13.3. The number of nitrogens with one attached hydrogen (secondary N) is 1. The van der Waals surface area contributed by atoms with Crippen molar-refractivity contribution in [3.63, 3.8) is 0 Å². The van der Waals surface area contributed by atoms with E-state index in [1.165, 1.54) is 32.1 Å². The molecule has 0 saturated carbocycles. The molecule has 2 amide bonds. The zero-order valence-electron chi connectivity index (χ0n) is 19.8. The topological polar surface area (TPSA) is 58.6 Å². The third-order valence-electron chi connectivity index (χ3n) is 5.76. The zero-order chi connectivity index (χ0) is 23.5. The van der Waals surface area contributed by atoms with Gasteiger partial charge in [-0.3, -0.25) is 14.5 Å². The molecule has 0 unspecified atom stereocenters. The number of thioether (sulfide) groups is 1. The molecule has 33 heavy (non-hydrogen) atoms. The predicted octanol–water partition coefficient (Wildman–Crippen LogP) is 6.94. The molecule has 1 N–H and O–H groups in total. The molecule has 1 heterocycles. The Kier molecular flexibility index (Phi) is 10.1. The molecule has 5 nitrogen and oxygen atoms in total. The van der Waals surface area contributed by atoms with Gasteiger partial charge in [0, 0.05) is 17.8 Å². The van der Waals surface area contributed by atoms with Crippen LogP contribution in [0, 0.1) is 0 Å². The van der Waals surface area contributed by atoms with Gasteiger partial charge in [0.15, 0.2) is 0 Å². The van der Waals surface area contributed by atoms with Crippen molar-refractivity contribution in [1.82, 2.24) is 0 Å². The number of hydrogen-bond donors (Lipinski definition) is 1. The minimum Gasteiger partial charge on any atom is -0.494 e. The summed E-state index contributed by atoms with van der Waals surface area (Å²) in [5, 5.41) is 2.92. The second-order valence-corrected chi connectivity index (χ2v) is 9.47. The van der Waals surface area contributed by atoms with E-state index in [0.717, 1.165) is 35.5 Å². The molecule has 2 aromatic rings. The van der Waals surface area contributed by atoms with Crippen LogP contribution in [0.4, 0.5) is 11.4 Å². The van der Waals surface area contributed by atoms with E-state index in [2.05, 4.69) is 12.2 Å². The van der Waals surface area contributed by atoms with Crippen LogP contribution in [0.5, 0.6) is 5.75 Å². The Morgan fingerprint density at radius 1 is 1.03 bits per heavy atom. The van der Waals surface area contributed by atoms with Gasteiger partial charge in [0.1, 0.15) is 11.1 Å². The summed E-state index contributed by atoms with van der Waals surface area (Å²) in [6, 6.07) is 15.5. The highest BCUT2D eigenvalue weighted by Crippen LogP contribution is 2.42. The number of ether oxygens (including phenoxy) is 1. The molecule has 1 aliphatic rings. The number of amides is 2. The second-order valence-electron chi connectivity index (χ2n) is 8.40. The summed E-state index contributed by atoms with van der Waals surface area (Å²) < 4.78 is 5.52. The van der Waals surface area contributed by atoms with E-state index in [9.17, 15) is 9.59 Å². The zero-order valence-corrected chi connectivity index (χ0v) is 20.7. The maximum Gasteiger partial charge on any atom is 0.238 e. The van der Waals surface area contributed by atoms with Gasteiger partial charge >= 0.3 is 0 Å². The monoisotopic (exact) mass is 468 g/mol. The van der Waals surface area contributed by atoms with Crippen molar-refractivity contribution in [3.05, 3.63) is 54.1 Å². The SMILES string of the molecule is CCCCCCCCCC(=O)Nc1cccc([C@H]2SCC(=O)N2c2ccc(OCC)cc2)c1. The normalized spacial score (nSPS) is 15.6. The minimum atomic E-state index is -0.115. The van der Waals surface area contributed by atoms with Gasteiger partial charge in [-0.15, -0.1) is 11.8 Å². The average Bonchev–Trinajstić information content (AvgIpc) is 3.21. The molecule has 1 aliphatic heterocycles. The summed E-state index contributed by atoms with van der Waals surface area (Å²) in [5.74, 6) is 1.37. The molecule has 0 aromatic heterocycles. The fraction of sp³-hybridized carbons (Fsp3) is 0.481. The lowest BCUT2D eigenvalue weighted by Gasteiger charge is -2.25. The molecule has 3 rings (SSSR count). The molecular weight excluding hydrogens is 432 g/mol. The molecular formula is C27H36N2O3S. The van der Waals surface area contributed by atoms with Crippen LogP contribution in [0.3, 0.4) is 0 Å². The third-order valence-corrected chi connectivity index (χ3v) is 6.97. The number of nitrogens with zero attached hydrogens (tertiary/aromatic N) is 1. The average molecular weight is 469 g/mol. The number of carbonyl (C=O) groups is 2. The Morgan fingerprint density at radius 3 is 2.48 bits per heavy atom. The van der Waals surface area contributed by atoms with Crippen LogP contribution >= 0.6 is 11.8 Å². The van der Waals surface area contributed by atoms with Gasteiger partial charge in [-0.2, -0.15) is 0 Å². The maximum atomic E-state index is 12.7. The molecule has 0 spiro atoms. The van der Waals surface area contributed by atoms with Gasteiger partial charge in [0.2, 0.25) is 11.8 Å². The molecule has 1 fully saturated rings. The fourth-order valence-corrected chi connectivity index (χ4v) is 5.22. The highest BCUT2D eigenvalue weighted by atomic mass is 32.2. The summed E-state index contributed by atoms with van der Waals surface area (Å²) in [7, 11) is 0. The first-order valence-corrected chi connectivity index (χ1v) is 13.2. The fourth-order valence-electron chi connectivity index (χ4n) is 4.06. The molecule has 6 heteroatoms. The largest absolute Gasteiger partial charge is 0.494 e. The van der Waals surface area contributed by atoms with Gasteiger partial charge in [-0.1, -0.05) is 57.6 Å². The number of anilines is 2. The molecule has 0 radical (unpaired) electrons. The first-order valence-electron chi connectivity index (χ1n) is 12.2. The quantitative estimate of drug-likeness (QED) is 0.323. The Bertz CT molecular complexity index is 900. The molecule has 1 atom stereocenters. The van der Waals surface area contributed by atoms with E-state index < -0.39 is 0 Å². The summed E-state index contributed by atoms with van der Waals surface area (Å²) >= 11 is 1.61. The van der Waals surface area contributed by atoms with Crippen LogP contribution < -0.4 is 15.0 Å². The summed E-state index contributed by atoms with van der Waals surface area (Å²) in [5.41, 5.74) is 2.65. The summed E-state index contributed by atoms with van der Waals surface area (Å²) in [6.45, 7) is 4.78. The number of unbranched alkanes of at least 4 members (excludes halogenated alkanes) is 6. The van der Waals surface area contributed by atoms with Crippen molar-refractivity contribution in [2.45, 2.75) is 70.6 Å². The lowest BCUT2D eigenvalue weighted by atomic mass is 10.1. The number of hydrogen-bond acceptors (Lipinski definition) is 4. The summed E-state index contributed by atoms with van der Waals surface area (Å²) in [4.78, 5) is 26.9. The van der Waals surface area contributed by atoms with Crippen molar-refractivity contribution in [3.8, 4) is 5.75 Å². The van der Waals surface area contributed by atoms with E-state index in [-0.39, 0.29) is 17.2 Å². The minimum absolute atomic E-state index is 0.0548. The van der Waals surface area contributed by atoms with Gasteiger partial charge < -0.3 is 10.1 Å². The van der Waals surface area contributed by atoms with Crippen molar-refractivity contribution in [2.75, 3.05) is 22.6 Å². The Balaban J connectivity index is 1.57. The van der Waals surface area contributed by atoms with Crippen LogP contribution in [-0.2, 0) is 9.59 Å². The molecule has 0 aliphatic carbocycles. The van der Waals surface area contributed by atoms with Gasteiger partial charge in [-0.25, -0.2) is 0 Å². The van der Waals surface area contributed by atoms with E-state index in [0.29, 0.717) is 18.8 Å². The van der Waals surface area contributed by atoms with Crippen LogP contribution in [0.25, 0.3) is 0 Å². The predicted molar refractivity (Wildman–Crippen MR) is 138 cm³/mol. The third kappa shape index (κ3) is 7.53. The number of rotatable bonds is 13. The lowest BCUT2D eigenvalue weighted by molar-refractivity contribution is -0.117. The van der Waals surface area contributed by atoms with Crippen molar-refractivity contribution < 1.29 is 14.3 Å². The van der Waals surface area contributed by atoms with Crippen LogP contribution in [0.1, 0.15) is 76.2 Å². The van der Waals surface area contributed by atoms with Gasteiger partial charge in [0.05, 0.1) is 12.4 Å². The first-order chi connectivity index (χ1) is 16.1. The Morgan fingerprint density at radius 2 is 1.76 bits per heavy atom. The molecule has 0 bridgehead atoms. The van der Waals surface area contributed by atoms with Crippen molar-refractivity contribution in [1.29, 1.82) is 0 Å². The Hall–Kier alpha value is -2.47. The highest BCUT2D eigenvalue weighted by molar-refractivity contribution is 8.00. The van der Waals surface area contributed by atoms with E-state index >= 15 is 0 Å². The first kappa shape index (κ1) is 25.2. The van der Waals surface area contributed by atoms with Gasteiger partial charge in [-0.05, 0) is 55.3 Å². The van der Waals surface area contributed by atoms with E-state index in [1.807, 2.05) is 60.4 Å². The van der Waals surface area contributed by atoms with Crippen molar-refractivity contribution >= 4 is 35.0 Å². The number of carbonyl (C=O) groups excluding carboxylic acids is 2. The summed E-state index contributed by atoms with van der Waals surface area (Å²) in [6.07, 6.45) is 8.91. The van der Waals surface area contributed by atoms with Crippen LogP contribution in [0.15, 0.2) is 48.5 Å². The molecule has 178 valence electrons. The lowest BCUT2D eigenvalue weighted by Crippen LogP contribution is -2.27. The van der Waals surface area contributed by atoms with E-state index in [1.54, 1.807) is 11.8 Å². The Labute approximate surface area is 202 Å². The van der Waals surface area contributed by atoms with Crippen molar-refractivity contribution in [2.24, 2.45) is 0 Å². The maximum absolute atomic E-state index is 12.7. The van der Waals surface area contributed by atoms with Crippen LogP contribution in [0.2, 0.25) is 0 Å². The smallest absolute Gasteiger partial charge is 0.238 e. The standard InChI is InChI=1S/C27H36N2O3S/c1-3-5-6-7-8-9-10-14-25(30)28-22-13-11-12-21(19-22)27-29(26(31)20-33-27)23-15-17-24(18-16-23)32-4-2/h11-13,15-19,27H,3-10,14,20H2,1-2H3,(H,28,30)/t27-/m1/s1. The van der Waals surface area contributed by atoms with E-state index in [4.69, 9.17) is 4.74 Å². The number of benzene rings is 2. The molecule has 2 aromatic carbocycles.